The van der Waals surface area contributed by atoms with Gasteiger partial charge in [-0.2, -0.15) is 0 Å². The lowest BCUT2D eigenvalue weighted by molar-refractivity contribution is 0.0827. The summed E-state index contributed by atoms with van der Waals surface area (Å²) in [5, 5.41) is 2.97. The molecule has 0 fully saturated rings. The highest BCUT2D eigenvalue weighted by Crippen LogP contribution is 2.22. The van der Waals surface area contributed by atoms with Crippen LogP contribution in [0.2, 0.25) is 5.02 Å². The Kier molecular flexibility index (Phi) is 4.63. The number of aromatic nitrogens is 2. The number of fused-ring (bicyclic) bond motifs is 1. The second kappa shape index (κ2) is 6.86. The minimum absolute atomic E-state index is 0.197. The summed E-state index contributed by atoms with van der Waals surface area (Å²) in [7, 11) is 3.29. The minimum atomic E-state index is -0.402. The molecule has 2 aromatic carbocycles. The smallest absolute Gasteiger partial charge is 0.275 e. The van der Waals surface area contributed by atoms with Crippen molar-refractivity contribution in [3.05, 3.63) is 64.9 Å². The number of anilines is 1. The van der Waals surface area contributed by atoms with E-state index in [-0.39, 0.29) is 16.6 Å². The molecule has 25 heavy (non-hydrogen) atoms. The molecule has 126 valence electrons. The number of amides is 2. The second-order valence-electron chi connectivity index (χ2n) is 5.59. The molecule has 1 heterocycles. The van der Waals surface area contributed by atoms with Gasteiger partial charge in [-0.3, -0.25) is 14.6 Å². The summed E-state index contributed by atoms with van der Waals surface area (Å²) < 4.78 is 0. The predicted octanol–water partition coefficient (Wildman–Crippen LogP) is 3.24. The number of nitrogens with one attached hydrogen (secondary N) is 1. The maximum atomic E-state index is 12.4. The zero-order valence-corrected chi connectivity index (χ0v) is 14.4. The molecule has 7 heteroatoms. The Balaban J connectivity index is 1.82. The van der Waals surface area contributed by atoms with E-state index in [9.17, 15) is 9.59 Å². The van der Waals surface area contributed by atoms with Gasteiger partial charge in [-0.1, -0.05) is 23.7 Å². The molecule has 6 nitrogen and oxygen atoms in total. The zero-order chi connectivity index (χ0) is 18.0. The highest BCUT2D eigenvalue weighted by atomic mass is 35.5. The third kappa shape index (κ3) is 3.59. The first kappa shape index (κ1) is 16.9. The van der Waals surface area contributed by atoms with Crippen LogP contribution >= 0.6 is 11.6 Å². The average molecular weight is 355 g/mol. The molecule has 1 N–H and O–H groups in total. The normalized spacial score (nSPS) is 10.5. The van der Waals surface area contributed by atoms with Gasteiger partial charge in [-0.15, -0.1) is 0 Å². The number of nitrogens with zero attached hydrogens (tertiary/aromatic N) is 3. The van der Waals surface area contributed by atoms with E-state index in [2.05, 4.69) is 15.3 Å². The molecule has 0 radical (unpaired) electrons. The fourth-order valence-corrected chi connectivity index (χ4v) is 2.53. The molecule has 3 rings (SSSR count). The quantitative estimate of drug-likeness (QED) is 0.783. The molecule has 0 unspecified atom stereocenters. The average Bonchev–Trinajstić information content (AvgIpc) is 2.60. The molecule has 0 saturated heterocycles. The van der Waals surface area contributed by atoms with Crippen molar-refractivity contribution in [2.75, 3.05) is 19.4 Å². The monoisotopic (exact) mass is 354 g/mol. The molecule has 0 atom stereocenters. The molecular formula is C18H15ClN4O2. The second-order valence-corrected chi connectivity index (χ2v) is 6.00. The van der Waals surface area contributed by atoms with Gasteiger partial charge >= 0.3 is 0 Å². The molecule has 0 spiro atoms. The van der Waals surface area contributed by atoms with Crippen molar-refractivity contribution in [2.45, 2.75) is 0 Å². The summed E-state index contributed by atoms with van der Waals surface area (Å²) in [5.41, 5.74) is 2.40. The number of rotatable bonds is 3. The van der Waals surface area contributed by atoms with Crippen LogP contribution in [0.5, 0.6) is 0 Å². The first-order valence-electron chi connectivity index (χ1n) is 7.50. The fraction of sp³-hybridized carbons (Fsp3) is 0.111. The largest absolute Gasteiger partial charge is 0.345 e. The van der Waals surface area contributed by atoms with Gasteiger partial charge < -0.3 is 10.2 Å². The summed E-state index contributed by atoms with van der Waals surface area (Å²) in [6.45, 7) is 0. The lowest BCUT2D eigenvalue weighted by Gasteiger charge is -2.12. The van der Waals surface area contributed by atoms with Gasteiger partial charge in [0, 0.05) is 19.8 Å². The number of carbonyl (C=O) groups is 2. The van der Waals surface area contributed by atoms with Crippen molar-refractivity contribution in [3.8, 4) is 0 Å². The standard InChI is InChI=1S/C18H15ClN4O2/c1-23(2)18(25)12-8-7-11(9-13(12)19)21-17(24)16-10-20-14-5-3-4-6-15(14)22-16/h3-10H,1-2H3,(H,21,24). The van der Waals surface area contributed by atoms with E-state index in [0.29, 0.717) is 22.3 Å². The van der Waals surface area contributed by atoms with Gasteiger partial charge in [0.05, 0.1) is 27.8 Å². The lowest BCUT2D eigenvalue weighted by atomic mass is 10.2. The minimum Gasteiger partial charge on any atom is -0.345 e. The lowest BCUT2D eigenvalue weighted by Crippen LogP contribution is -2.22. The molecule has 1 aromatic heterocycles. The first-order valence-corrected chi connectivity index (χ1v) is 7.88. The van der Waals surface area contributed by atoms with Crippen LogP contribution in [0, 0.1) is 0 Å². The number of para-hydroxylation sites is 2. The van der Waals surface area contributed by atoms with Crippen molar-refractivity contribution in [2.24, 2.45) is 0 Å². The molecule has 0 aliphatic heterocycles. The van der Waals surface area contributed by atoms with Crippen molar-refractivity contribution < 1.29 is 9.59 Å². The van der Waals surface area contributed by atoms with Gasteiger partial charge in [-0.25, -0.2) is 4.98 Å². The van der Waals surface area contributed by atoms with E-state index >= 15 is 0 Å². The Hall–Kier alpha value is -2.99. The van der Waals surface area contributed by atoms with Gasteiger partial charge in [0.15, 0.2) is 0 Å². The summed E-state index contributed by atoms with van der Waals surface area (Å²) in [6, 6.07) is 12.0. The Morgan fingerprint density at radius 2 is 1.80 bits per heavy atom. The summed E-state index contributed by atoms with van der Waals surface area (Å²) >= 11 is 6.15. The summed E-state index contributed by atoms with van der Waals surface area (Å²) in [5.74, 6) is -0.607. The van der Waals surface area contributed by atoms with Gasteiger partial charge in [0.1, 0.15) is 5.69 Å². The Morgan fingerprint density at radius 1 is 1.08 bits per heavy atom. The molecular weight excluding hydrogens is 340 g/mol. The van der Waals surface area contributed by atoms with Crippen LogP contribution in [0.25, 0.3) is 11.0 Å². The highest BCUT2D eigenvalue weighted by Gasteiger charge is 2.14. The Morgan fingerprint density at radius 3 is 2.48 bits per heavy atom. The SMILES string of the molecule is CN(C)C(=O)c1ccc(NC(=O)c2cnc3ccccc3n2)cc1Cl. The molecule has 0 saturated carbocycles. The van der Waals surface area contributed by atoms with Crippen molar-refractivity contribution >= 4 is 40.1 Å². The van der Waals surface area contributed by atoms with Crippen LogP contribution in [0.15, 0.2) is 48.7 Å². The topological polar surface area (TPSA) is 75.2 Å². The van der Waals surface area contributed by atoms with Crippen LogP contribution in [0.4, 0.5) is 5.69 Å². The van der Waals surface area contributed by atoms with Crippen LogP contribution < -0.4 is 5.32 Å². The molecule has 3 aromatic rings. The molecule has 0 aliphatic carbocycles. The van der Waals surface area contributed by atoms with Crippen molar-refractivity contribution in [3.63, 3.8) is 0 Å². The first-order chi connectivity index (χ1) is 12.0. The maximum Gasteiger partial charge on any atom is 0.275 e. The van der Waals surface area contributed by atoms with Gasteiger partial charge in [0.25, 0.3) is 11.8 Å². The van der Waals surface area contributed by atoms with Gasteiger partial charge in [-0.05, 0) is 30.3 Å². The zero-order valence-electron chi connectivity index (χ0n) is 13.7. The van der Waals surface area contributed by atoms with Crippen LogP contribution in [-0.4, -0.2) is 40.8 Å². The van der Waals surface area contributed by atoms with Crippen LogP contribution in [0.3, 0.4) is 0 Å². The van der Waals surface area contributed by atoms with E-state index in [0.717, 1.165) is 0 Å². The summed E-state index contributed by atoms with van der Waals surface area (Å²) in [4.78, 5) is 34.3. The summed E-state index contributed by atoms with van der Waals surface area (Å²) in [6.07, 6.45) is 1.42. The third-order valence-corrected chi connectivity index (χ3v) is 3.86. The van der Waals surface area contributed by atoms with E-state index in [1.807, 2.05) is 18.2 Å². The number of hydrogen-bond donors (Lipinski definition) is 1. The fourth-order valence-electron chi connectivity index (χ4n) is 2.27. The number of hydrogen-bond acceptors (Lipinski definition) is 4. The predicted molar refractivity (Wildman–Crippen MR) is 97.0 cm³/mol. The van der Waals surface area contributed by atoms with E-state index in [1.165, 1.54) is 17.2 Å². The maximum absolute atomic E-state index is 12.4. The van der Waals surface area contributed by atoms with E-state index in [1.54, 1.807) is 32.3 Å². The van der Waals surface area contributed by atoms with Crippen molar-refractivity contribution in [1.29, 1.82) is 0 Å². The Bertz CT molecular complexity index is 972. The number of benzene rings is 2. The molecule has 2 amide bonds. The van der Waals surface area contributed by atoms with Crippen molar-refractivity contribution in [1.82, 2.24) is 14.9 Å². The van der Waals surface area contributed by atoms with E-state index in [4.69, 9.17) is 11.6 Å². The number of halogens is 1. The number of carbonyl (C=O) groups excluding carboxylic acids is 2. The Labute approximate surface area is 149 Å². The molecule has 0 bridgehead atoms. The molecule has 0 aliphatic rings. The van der Waals surface area contributed by atoms with Gasteiger partial charge in [0.2, 0.25) is 0 Å². The van der Waals surface area contributed by atoms with Crippen LogP contribution in [-0.2, 0) is 0 Å². The highest BCUT2D eigenvalue weighted by molar-refractivity contribution is 6.34. The van der Waals surface area contributed by atoms with Crippen LogP contribution in [0.1, 0.15) is 20.8 Å². The van der Waals surface area contributed by atoms with E-state index < -0.39 is 5.91 Å². The third-order valence-electron chi connectivity index (χ3n) is 3.54.